The smallest absolute Gasteiger partial charge is 0.134 e. The van der Waals surface area contributed by atoms with Crippen molar-refractivity contribution < 1.29 is 8.78 Å². The topological polar surface area (TPSA) is 38.9 Å². The van der Waals surface area contributed by atoms with Crippen molar-refractivity contribution in [2.24, 2.45) is 0 Å². The summed E-state index contributed by atoms with van der Waals surface area (Å²) in [6, 6.07) is 5.56. The molecule has 82 valence electrons. The lowest BCUT2D eigenvalue weighted by atomic mass is 10.0. The molecule has 2 N–H and O–H groups in total. The van der Waals surface area contributed by atoms with Crippen LogP contribution >= 0.6 is 0 Å². The van der Waals surface area contributed by atoms with Crippen LogP contribution in [0, 0.1) is 18.6 Å². The predicted molar refractivity (Wildman–Crippen MR) is 58.7 cm³/mol. The lowest BCUT2D eigenvalue weighted by molar-refractivity contribution is 0.579. The van der Waals surface area contributed by atoms with Crippen LogP contribution in [-0.2, 0) is 0 Å². The Hall–Kier alpha value is -1.97. The molecule has 0 aliphatic rings. The van der Waals surface area contributed by atoms with Gasteiger partial charge in [-0.2, -0.15) is 0 Å². The van der Waals surface area contributed by atoms with Crippen LogP contribution in [0.5, 0.6) is 0 Å². The van der Waals surface area contributed by atoms with E-state index < -0.39 is 11.6 Å². The van der Waals surface area contributed by atoms with Gasteiger partial charge in [0, 0.05) is 23.4 Å². The number of halogens is 2. The maximum Gasteiger partial charge on any atom is 0.134 e. The summed E-state index contributed by atoms with van der Waals surface area (Å²) in [4.78, 5) is 3.87. The molecule has 0 amide bonds. The van der Waals surface area contributed by atoms with Crippen LogP contribution in [0.2, 0.25) is 0 Å². The van der Waals surface area contributed by atoms with Crippen LogP contribution in [0.25, 0.3) is 11.1 Å². The third-order valence-corrected chi connectivity index (χ3v) is 2.35. The highest BCUT2D eigenvalue weighted by Crippen LogP contribution is 2.25. The molecule has 2 aromatic rings. The van der Waals surface area contributed by atoms with Gasteiger partial charge in [-0.15, -0.1) is 0 Å². The fourth-order valence-electron chi connectivity index (χ4n) is 1.44. The molecule has 0 saturated carbocycles. The summed E-state index contributed by atoms with van der Waals surface area (Å²) >= 11 is 0. The standard InChI is InChI=1S/C12H10F2N2/c1-7-4-9(11(14)5-10(7)13)8-2-3-12(15)16-6-8/h2-6H,1H3,(H2,15,16). The number of rotatable bonds is 1. The van der Waals surface area contributed by atoms with Crippen LogP contribution in [0.3, 0.4) is 0 Å². The average molecular weight is 220 g/mol. The molecular formula is C12H10F2N2. The van der Waals surface area contributed by atoms with Gasteiger partial charge in [0.25, 0.3) is 0 Å². The average Bonchev–Trinajstić information content (AvgIpc) is 2.25. The second-order valence-electron chi connectivity index (χ2n) is 3.55. The summed E-state index contributed by atoms with van der Waals surface area (Å²) in [6.45, 7) is 1.59. The Morgan fingerprint density at radius 3 is 2.50 bits per heavy atom. The zero-order chi connectivity index (χ0) is 11.7. The number of aromatic nitrogens is 1. The summed E-state index contributed by atoms with van der Waals surface area (Å²) < 4.78 is 26.6. The first-order valence-electron chi connectivity index (χ1n) is 4.75. The van der Waals surface area contributed by atoms with E-state index >= 15 is 0 Å². The van der Waals surface area contributed by atoms with E-state index in [2.05, 4.69) is 4.98 Å². The van der Waals surface area contributed by atoms with E-state index in [1.807, 2.05) is 0 Å². The van der Waals surface area contributed by atoms with E-state index in [1.54, 1.807) is 19.1 Å². The highest BCUT2D eigenvalue weighted by atomic mass is 19.1. The maximum atomic E-state index is 13.5. The van der Waals surface area contributed by atoms with Crippen molar-refractivity contribution in [2.75, 3.05) is 5.73 Å². The minimum atomic E-state index is -0.602. The van der Waals surface area contributed by atoms with Crippen molar-refractivity contribution in [2.45, 2.75) is 6.92 Å². The Balaban J connectivity index is 2.56. The fourth-order valence-corrected chi connectivity index (χ4v) is 1.44. The molecule has 0 saturated heterocycles. The third kappa shape index (κ3) is 1.86. The maximum absolute atomic E-state index is 13.5. The fraction of sp³-hybridized carbons (Fsp3) is 0.0833. The van der Waals surface area contributed by atoms with Crippen LogP contribution in [0.15, 0.2) is 30.5 Å². The van der Waals surface area contributed by atoms with Crippen LogP contribution in [0.4, 0.5) is 14.6 Å². The number of anilines is 1. The van der Waals surface area contributed by atoms with E-state index in [1.165, 1.54) is 12.3 Å². The largest absolute Gasteiger partial charge is 0.384 e. The van der Waals surface area contributed by atoms with Gasteiger partial charge in [0.15, 0.2) is 0 Å². The van der Waals surface area contributed by atoms with E-state index in [-0.39, 0.29) is 0 Å². The lowest BCUT2D eigenvalue weighted by Gasteiger charge is -2.05. The Morgan fingerprint density at radius 2 is 1.88 bits per heavy atom. The summed E-state index contributed by atoms with van der Waals surface area (Å²) in [5.74, 6) is -0.790. The van der Waals surface area contributed by atoms with Gasteiger partial charge in [0.2, 0.25) is 0 Å². The highest BCUT2D eigenvalue weighted by molar-refractivity contribution is 5.65. The number of nitrogens with zero attached hydrogens (tertiary/aromatic N) is 1. The molecule has 0 aliphatic heterocycles. The number of pyridine rings is 1. The van der Waals surface area contributed by atoms with Crippen molar-refractivity contribution in [3.63, 3.8) is 0 Å². The van der Waals surface area contributed by atoms with E-state index in [0.717, 1.165) is 6.07 Å². The number of aryl methyl sites for hydroxylation is 1. The molecule has 0 unspecified atom stereocenters. The van der Waals surface area contributed by atoms with Crippen molar-refractivity contribution in [1.29, 1.82) is 0 Å². The highest BCUT2D eigenvalue weighted by Gasteiger charge is 2.09. The van der Waals surface area contributed by atoms with Gasteiger partial charge in [0.05, 0.1) is 0 Å². The summed E-state index contributed by atoms with van der Waals surface area (Å²) in [5, 5.41) is 0. The molecule has 0 spiro atoms. The zero-order valence-corrected chi connectivity index (χ0v) is 8.67. The van der Waals surface area contributed by atoms with Gasteiger partial charge in [-0.25, -0.2) is 13.8 Å². The quantitative estimate of drug-likeness (QED) is 0.802. The Bertz CT molecular complexity index is 521. The summed E-state index contributed by atoms with van der Waals surface area (Å²) in [7, 11) is 0. The normalized spacial score (nSPS) is 10.4. The van der Waals surface area contributed by atoms with Crippen molar-refractivity contribution in [1.82, 2.24) is 4.98 Å². The van der Waals surface area contributed by atoms with Gasteiger partial charge >= 0.3 is 0 Å². The van der Waals surface area contributed by atoms with Crippen LogP contribution in [-0.4, -0.2) is 4.98 Å². The Morgan fingerprint density at radius 1 is 1.12 bits per heavy atom. The summed E-state index contributed by atoms with van der Waals surface area (Å²) in [5.41, 5.74) is 6.73. The Kier molecular flexibility index (Phi) is 2.56. The number of benzene rings is 1. The van der Waals surface area contributed by atoms with Gasteiger partial charge in [-0.1, -0.05) is 0 Å². The molecule has 1 heterocycles. The second kappa shape index (κ2) is 3.89. The monoisotopic (exact) mass is 220 g/mol. The van der Waals surface area contributed by atoms with Gasteiger partial charge < -0.3 is 5.73 Å². The van der Waals surface area contributed by atoms with Crippen LogP contribution < -0.4 is 5.73 Å². The number of hydrogen-bond donors (Lipinski definition) is 1. The SMILES string of the molecule is Cc1cc(-c2ccc(N)nc2)c(F)cc1F. The first-order valence-corrected chi connectivity index (χ1v) is 4.75. The second-order valence-corrected chi connectivity index (χ2v) is 3.55. The molecule has 0 radical (unpaired) electrons. The first kappa shape index (κ1) is 10.5. The minimum absolute atomic E-state index is 0.325. The molecule has 1 aromatic carbocycles. The molecule has 0 aliphatic carbocycles. The molecule has 1 aromatic heterocycles. The number of hydrogen-bond acceptors (Lipinski definition) is 2. The van der Waals surface area contributed by atoms with Crippen LogP contribution in [0.1, 0.15) is 5.56 Å². The lowest BCUT2D eigenvalue weighted by Crippen LogP contribution is -1.93. The van der Waals surface area contributed by atoms with Gasteiger partial charge in [0.1, 0.15) is 17.5 Å². The molecule has 2 nitrogen and oxygen atoms in total. The predicted octanol–water partition coefficient (Wildman–Crippen LogP) is 2.92. The van der Waals surface area contributed by atoms with Gasteiger partial charge in [-0.05, 0) is 30.7 Å². The molecule has 4 heteroatoms. The minimum Gasteiger partial charge on any atom is -0.384 e. The third-order valence-electron chi connectivity index (χ3n) is 2.35. The Labute approximate surface area is 91.7 Å². The van der Waals surface area contributed by atoms with Crippen molar-refractivity contribution >= 4 is 5.82 Å². The zero-order valence-electron chi connectivity index (χ0n) is 8.67. The molecule has 2 rings (SSSR count). The first-order chi connectivity index (χ1) is 7.58. The number of nitrogen functional groups attached to an aromatic ring is 1. The van der Waals surface area contributed by atoms with E-state index in [9.17, 15) is 8.78 Å². The summed E-state index contributed by atoms with van der Waals surface area (Å²) in [6.07, 6.45) is 1.46. The van der Waals surface area contributed by atoms with Gasteiger partial charge in [-0.3, -0.25) is 0 Å². The molecular weight excluding hydrogens is 210 g/mol. The van der Waals surface area contributed by atoms with Crippen molar-refractivity contribution in [3.8, 4) is 11.1 Å². The number of nitrogens with two attached hydrogens (primary N) is 1. The van der Waals surface area contributed by atoms with Crippen molar-refractivity contribution in [3.05, 3.63) is 47.7 Å². The molecule has 16 heavy (non-hydrogen) atoms. The van der Waals surface area contributed by atoms with E-state index in [0.29, 0.717) is 22.5 Å². The molecule has 0 fully saturated rings. The molecule has 0 atom stereocenters. The molecule has 0 bridgehead atoms. The van der Waals surface area contributed by atoms with E-state index in [4.69, 9.17) is 5.73 Å².